The second kappa shape index (κ2) is 9.76. The van der Waals surface area contributed by atoms with Crippen LogP contribution in [0.2, 0.25) is 0 Å². The number of methoxy groups -OCH3 is 1. The summed E-state index contributed by atoms with van der Waals surface area (Å²) >= 11 is 0. The number of nitrogens with zero attached hydrogens (tertiary/aromatic N) is 2. The van der Waals surface area contributed by atoms with Gasteiger partial charge in [0.1, 0.15) is 5.82 Å². The SMILES string of the molecule is COCCc1ccc(-c2ccc(C(=O)N3CCCC3)cc2-c2ccc(C#N)cc2)c(F)c1. The monoisotopic (exact) mass is 428 g/mol. The Morgan fingerprint density at radius 2 is 1.72 bits per heavy atom. The third-order valence-corrected chi connectivity index (χ3v) is 5.90. The van der Waals surface area contributed by atoms with E-state index >= 15 is 4.39 Å². The normalized spacial score (nSPS) is 13.2. The van der Waals surface area contributed by atoms with Crippen LogP contribution in [0, 0.1) is 17.1 Å². The summed E-state index contributed by atoms with van der Waals surface area (Å²) < 4.78 is 20.2. The van der Waals surface area contributed by atoms with E-state index in [1.165, 1.54) is 0 Å². The molecule has 1 aliphatic rings. The fourth-order valence-corrected chi connectivity index (χ4v) is 4.13. The summed E-state index contributed by atoms with van der Waals surface area (Å²) in [5.74, 6) is -0.313. The lowest BCUT2D eigenvalue weighted by Gasteiger charge is -2.18. The molecule has 0 spiro atoms. The summed E-state index contributed by atoms with van der Waals surface area (Å²) in [6.07, 6.45) is 2.68. The molecule has 0 saturated carbocycles. The Bertz CT molecular complexity index is 1160. The molecule has 0 unspecified atom stereocenters. The minimum atomic E-state index is -0.313. The van der Waals surface area contributed by atoms with E-state index in [-0.39, 0.29) is 11.7 Å². The Morgan fingerprint density at radius 1 is 1.00 bits per heavy atom. The summed E-state index contributed by atoms with van der Waals surface area (Å²) in [6, 6.07) is 19.9. The van der Waals surface area contributed by atoms with Gasteiger partial charge in [0.25, 0.3) is 5.91 Å². The van der Waals surface area contributed by atoms with Gasteiger partial charge in [0.15, 0.2) is 0 Å². The van der Waals surface area contributed by atoms with Gasteiger partial charge in [0, 0.05) is 31.3 Å². The molecule has 4 rings (SSSR count). The molecule has 0 atom stereocenters. The van der Waals surface area contributed by atoms with Crippen molar-refractivity contribution >= 4 is 5.91 Å². The lowest BCUT2D eigenvalue weighted by molar-refractivity contribution is 0.0793. The van der Waals surface area contributed by atoms with Crippen molar-refractivity contribution < 1.29 is 13.9 Å². The first-order valence-corrected chi connectivity index (χ1v) is 10.8. The number of carbonyl (C=O) groups excluding carboxylic acids is 1. The highest BCUT2D eigenvalue weighted by molar-refractivity contribution is 5.98. The van der Waals surface area contributed by atoms with Crippen LogP contribution in [0.25, 0.3) is 22.3 Å². The zero-order valence-corrected chi connectivity index (χ0v) is 18.1. The van der Waals surface area contributed by atoms with Crippen molar-refractivity contribution in [2.75, 3.05) is 26.8 Å². The Kier molecular flexibility index (Phi) is 6.63. The highest BCUT2D eigenvalue weighted by atomic mass is 19.1. The molecular formula is C27H25FN2O2. The first-order valence-electron chi connectivity index (χ1n) is 10.8. The molecule has 1 heterocycles. The Morgan fingerprint density at radius 3 is 2.38 bits per heavy atom. The first-order chi connectivity index (χ1) is 15.6. The smallest absolute Gasteiger partial charge is 0.253 e. The van der Waals surface area contributed by atoms with Crippen molar-refractivity contribution in [2.24, 2.45) is 0 Å². The number of hydrogen-bond acceptors (Lipinski definition) is 3. The number of ether oxygens (including phenoxy) is 1. The topological polar surface area (TPSA) is 53.3 Å². The summed E-state index contributed by atoms with van der Waals surface area (Å²) in [4.78, 5) is 14.9. The van der Waals surface area contributed by atoms with Gasteiger partial charge in [-0.25, -0.2) is 4.39 Å². The number of nitriles is 1. The quantitative estimate of drug-likeness (QED) is 0.524. The van der Waals surface area contributed by atoms with Crippen molar-refractivity contribution in [1.82, 2.24) is 4.90 Å². The van der Waals surface area contributed by atoms with Gasteiger partial charge in [-0.2, -0.15) is 5.26 Å². The molecule has 1 aliphatic heterocycles. The number of rotatable bonds is 6. The minimum Gasteiger partial charge on any atom is -0.384 e. The number of hydrogen-bond donors (Lipinski definition) is 0. The van der Waals surface area contributed by atoms with Crippen LogP contribution >= 0.6 is 0 Å². The molecule has 0 N–H and O–H groups in total. The largest absolute Gasteiger partial charge is 0.384 e. The zero-order valence-electron chi connectivity index (χ0n) is 18.1. The number of likely N-dealkylation sites (tertiary alicyclic amines) is 1. The third-order valence-electron chi connectivity index (χ3n) is 5.90. The molecule has 1 amide bonds. The zero-order chi connectivity index (χ0) is 22.5. The number of benzene rings is 3. The van der Waals surface area contributed by atoms with E-state index in [0.717, 1.165) is 42.6 Å². The van der Waals surface area contributed by atoms with Crippen molar-refractivity contribution in [3.63, 3.8) is 0 Å². The number of halogens is 1. The van der Waals surface area contributed by atoms with Gasteiger partial charge >= 0.3 is 0 Å². The first kappa shape index (κ1) is 21.7. The molecule has 1 fully saturated rings. The lowest BCUT2D eigenvalue weighted by atomic mass is 9.91. The summed E-state index contributed by atoms with van der Waals surface area (Å²) in [5.41, 5.74) is 4.80. The van der Waals surface area contributed by atoms with Gasteiger partial charge in [-0.15, -0.1) is 0 Å². The van der Waals surface area contributed by atoms with E-state index in [2.05, 4.69) is 6.07 Å². The lowest BCUT2D eigenvalue weighted by Crippen LogP contribution is -2.27. The van der Waals surface area contributed by atoms with Gasteiger partial charge in [-0.1, -0.05) is 30.3 Å². The molecule has 162 valence electrons. The van der Waals surface area contributed by atoms with Gasteiger partial charge in [-0.05, 0) is 71.8 Å². The molecule has 5 heteroatoms. The average Bonchev–Trinajstić information content (AvgIpc) is 3.37. The van der Waals surface area contributed by atoms with Crippen molar-refractivity contribution in [1.29, 1.82) is 5.26 Å². The maximum absolute atomic E-state index is 15.1. The van der Waals surface area contributed by atoms with Crippen molar-refractivity contribution in [3.05, 3.63) is 83.2 Å². The Balaban J connectivity index is 1.79. The number of amides is 1. The molecule has 0 radical (unpaired) electrons. The second-order valence-electron chi connectivity index (χ2n) is 8.01. The molecule has 3 aromatic rings. The van der Waals surface area contributed by atoms with E-state index in [1.54, 1.807) is 37.4 Å². The van der Waals surface area contributed by atoms with Gasteiger partial charge in [0.05, 0.1) is 18.2 Å². The van der Waals surface area contributed by atoms with E-state index in [9.17, 15) is 4.79 Å². The predicted octanol–water partition coefficient (Wildman–Crippen LogP) is 5.46. The fourth-order valence-electron chi connectivity index (χ4n) is 4.13. The molecule has 32 heavy (non-hydrogen) atoms. The van der Waals surface area contributed by atoms with Crippen LogP contribution in [-0.2, 0) is 11.2 Å². The molecule has 0 aliphatic carbocycles. The van der Waals surface area contributed by atoms with Crippen LogP contribution in [0.4, 0.5) is 4.39 Å². The van der Waals surface area contributed by atoms with E-state index < -0.39 is 0 Å². The van der Waals surface area contributed by atoms with Gasteiger partial charge in [-0.3, -0.25) is 4.79 Å². The van der Waals surface area contributed by atoms with Crippen LogP contribution < -0.4 is 0 Å². The minimum absolute atomic E-state index is 0.000620. The van der Waals surface area contributed by atoms with Crippen LogP contribution in [0.1, 0.15) is 34.3 Å². The van der Waals surface area contributed by atoms with Crippen LogP contribution in [-0.4, -0.2) is 37.6 Å². The fraction of sp³-hybridized carbons (Fsp3) is 0.259. The summed E-state index contributed by atoms with van der Waals surface area (Å²) in [7, 11) is 1.62. The molecule has 4 nitrogen and oxygen atoms in total. The van der Waals surface area contributed by atoms with Crippen molar-refractivity contribution in [3.8, 4) is 28.3 Å². The van der Waals surface area contributed by atoms with E-state index in [4.69, 9.17) is 10.00 Å². The van der Waals surface area contributed by atoms with Crippen LogP contribution in [0.15, 0.2) is 60.7 Å². The van der Waals surface area contributed by atoms with Crippen LogP contribution in [0.5, 0.6) is 0 Å². The highest BCUT2D eigenvalue weighted by Crippen LogP contribution is 2.35. The maximum Gasteiger partial charge on any atom is 0.253 e. The van der Waals surface area contributed by atoms with E-state index in [1.807, 2.05) is 35.2 Å². The molecule has 3 aromatic carbocycles. The Labute approximate surface area is 187 Å². The molecule has 1 saturated heterocycles. The number of carbonyl (C=O) groups is 1. The molecule has 0 aromatic heterocycles. The van der Waals surface area contributed by atoms with Crippen molar-refractivity contribution in [2.45, 2.75) is 19.3 Å². The third kappa shape index (κ3) is 4.56. The van der Waals surface area contributed by atoms with Gasteiger partial charge in [0.2, 0.25) is 0 Å². The second-order valence-corrected chi connectivity index (χ2v) is 8.01. The predicted molar refractivity (Wildman–Crippen MR) is 123 cm³/mol. The maximum atomic E-state index is 15.1. The highest BCUT2D eigenvalue weighted by Gasteiger charge is 2.21. The Hall–Kier alpha value is -3.49. The van der Waals surface area contributed by atoms with Gasteiger partial charge < -0.3 is 9.64 Å². The van der Waals surface area contributed by atoms with Crippen LogP contribution in [0.3, 0.4) is 0 Å². The standard InChI is InChI=1S/C27H25FN2O2/c1-32-15-12-19-6-10-24(26(28)16-19)23-11-9-22(27(31)30-13-2-3-14-30)17-25(23)21-7-4-20(18-29)5-8-21/h4-11,16-17H,2-3,12-15H2,1H3. The summed E-state index contributed by atoms with van der Waals surface area (Å²) in [5, 5.41) is 9.14. The summed E-state index contributed by atoms with van der Waals surface area (Å²) in [6.45, 7) is 2.07. The average molecular weight is 429 g/mol. The molecular weight excluding hydrogens is 403 g/mol. The van der Waals surface area contributed by atoms with E-state index in [0.29, 0.717) is 35.3 Å². The molecule has 0 bridgehead atoms.